The lowest BCUT2D eigenvalue weighted by molar-refractivity contribution is -0.932. The van der Waals surface area contributed by atoms with Crippen molar-refractivity contribution in [3.63, 3.8) is 0 Å². The van der Waals surface area contributed by atoms with Gasteiger partial charge in [0.15, 0.2) is 6.04 Å². The highest BCUT2D eigenvalue weighted by Gasteiger charge is 2.34. The van der Waals surface area contributed by atoms with Gasteiger partial charge in [-0.15, -0.1) is 5.10 Å². The van der Waals surface area contributed by atoms with E-state index in [2.05, 4.69) is 27.7 Å². The van der Waals surface area contributed by atoms with Crippen molar-refractivity contribution < 1.29 is 10.0 Å². The van der Waals surface area contributed by atoms with E-state index in [-0.39, 0.29) is 12.1 Å². The maximum atomic E-state index is 9.92. The summed E-state index contributed by atoms with van der Waals surface area (Å²) in [5, 5.41) is 23.2. The lowest BCUT2D eigenvalue weighted by atomic mass is 10.00. The van der Waals surface area contributed by atoms with E-state index in [0.717, 1.165) is 42.9 Å². The molecule has 0 unspecified atom stereocenters. The number of piperidine rings is 1. The van der Waals surface area contributed by atoms with Crippen LogP contribution in [-0.2, 0) is 6.54 Å². The number of tetrazole rings is 1. The summed E-state index contributed by atoms with van der Waals surface area (Å²) in [6.07, 6.45) is 1.37. The lowest BCUT2D eigenvalue weighted by Gasteiger charge is -2.32. The van der Waals surface area contributed by atoms with E-state index in [1.54, 1.807) is 0 Å². The second kappa shape index (κ2) is 8.17. The minimum atomic E-state index is -0.208. The number of aromatic nitrogens is 4. The maximum absolute atomic E-state index is 9.92. The SMILES string of the molecule is OC1CC[NH+]([C@H](c2ccc(Cl)cc2)c2nnnn2Cc2ccccc2)CC1. The Morgan fingerprint density at radius 3 is 2.48 bits per heavy atom. The molecule has 0 aliphatic carbocycles. The number of nitrogens with zero attached hydrogens (tertiary/aromatic N) is 4. The first kappa shape index (κ1) is 18.1. The molecular weight excluding hydrogens is 362 g/mol. The Morgan fingerprint density at radius 1 is 1.07 bits per heavy atom. The standard InChI is InChI=1S/C20H22ClN5O/c21-17-8-6-16(7-9-17)19(25-12-10-18(27)11-13-25)20-22-23-24-26(20)14-15-4-2-1-3-5-15/h1-9,18-19,27H,10-14H2/p+1/t19-/m1/s1. The Bertz CT molecular complexity index is 860. The highest BCUT2D eigenvalue weighted by molar-refractivity contribution is 6.30. The van der Waals surface area contributed by atoms with Crippen LogP contribution in [0.2, 0.25) is 5.02 Å². The highest BCUT2D eigenvalue weighted by atomic mass is 35.5. The van der Waals surface area contributed by atoms with Crippen molar-refractivity contribution in [1.29, 1.82) is 0 Å². The van der Waals surface area contributed by atoms with E-state index in [9.17, 15) is 5.11 Å². The minimum absolute atomic E-state index is 0.00785. The molecule has 2 aromatic carbocycles. The van der Waals surface area contributed by atoms with Gasteiger partial charge in [-0.3, -0.25) is 0 Å². The van der Waals surface area contributed by atoms with Gasteiger partial charge in [-0.25, -0.2) is 4.68 Å². The van der Waals surface area contributed by atoms with Gasteiger partial charge in [0.1, 0.15) is 0 Å². The van der Waals surface area contributed by atoms with Crippen LogP contribution in [0.3, 0.4) is 0 Å². The molecule has 4 rings (SSSR count). The van der Waals surface area contributed by atoms with Crippen molar-refractivity contribution in [3.8, 4) is 0 Å². The number of quaternary nitrogens is 1. The molecule has 3 aromatic rings. The Kier molecular flexibility index (Phi) is 5.48. The molecule has 7 heteroatoms. The summed E-state index contributed by atoms with van der Waals surface area (Å²) in [5.41, 5.74) is 2.29. The lowest BCUT2D eigenvalue weighted by Crippen LogP contribution is -3.13. The monoisotopic (exact) mass is 384 g/mol. The summed E-state index contributed by atoms with van der Waals surface area (Å²) in [6.45, 7) is 2.39. The Balaban J connectivity index is 1.69. The third kappa shape index (κ3) is 4.18. The first-order valence-corrected chi connectivity index (χ1v) is 9.66. The van der Waals surface area contributed by atoms with E-state index in [1.165, 1.54) is 4.90 Å². The molecule has 6 nitrogen and oxygen atoms in total. The molecule has 1 saturated heterocycles. The molecule has 0 radical (unpaired) electrons. The number of aliphatic hydroxyl groups is 1. The van der Waals surface area contributed by atoms with Gasteiger partial charge >= 0.3 is 0 Å². The van der Waals surface area contributed by atoms with Crippen LogP contribution in [0.4, 0.5) is 0 Å². The third-order valence-corrected chi connectivity index (χ3v) is 5.45. The van der Waals surface area contributed by atoms with E-state index in [4.69, 9.17) is 11.6 Å². The van der Waals surface area contributed by atoms with Crippen LogP contribution >= 0.6 is 11.6 Å². The summed E-state index contributed by atoms with van der Waals surface area (Å²) in [7, 11) is 0. The van der Waals surface area contributed by atoms with Crippen LogP contribution < -0.4 is 4.90 Å². The zero-order valence-corrected chi connectivity index (χ0v) is 15.8. The molecular formula is C20H23ClN5O+. The van der Waals surface area contributed by atoms with Crippen LogP contribution in [0, 0.1) is 0 Å². The third-order valence-electron chi connectivity index (χ3n) is 5.20. The molecule has 0 amide bonds. The maximum Gasteiger partial charge on any atom is 0.214 e. The summed E-state index contributed by atoms with van der Waals surface area (Å²) in [5.74, 6) is 0.840. The van der Waals surface area contributed by atoms with Crippen LogP contribution in [0.25, 0.3) is 0 Å². The van der Waals surface area contributed by atoms with Crippen molar-refractivity contribution in [2.75, 3.05) is 13.1 Å². The van der Waals surface area contributed by atoms with Gasteiger partial charge in [0.25, 0.3) is 0 Å². The number of nitrogens with one attached hydrogen (secondary N) is 1. The number of halogens is 1. The number of benzene rings is 2. The van der Waals surface area contributed by atoms with Crippen molar-refractivity contribution in [2.24, 2.45) is 0 Å². The summed E-state index contributed by atoms with van der Waals surface area (Å²) in [6, 6.07) is 18.1. The molecule has 1 aromatic heterocycles. The van der Waals surface area contributed by atoms with Gasteiger partial charge < -0.3 is 10.0 Å². The van der Waals surface area contributed by atoms with Gasteiger partial charge in [-0.05, 0) is 28.1 Å². The zero-order valence-electron chi connectivity index (χ0n) is 15.0. The predicted molar refractivity (Wildman–Crippen MR) is 103 cm³/mol. The minimum Gasteiger partial charge on any atom is -0.393 e. The van der Waals surface area contributed by atoms with E-state index in [1.807, 2.05) is 47.1 Å². The summed E-state index contributed by atoms with van der Waals surface area (Å²) >= 11 is 6.10. The van der Waals surface area contributed by atoms with Crippen molar-refractivity contribution in [2.45, 2.75) is 31.5 Å². The van der Waals surface area contributed by atoms with Crippen molar-refractivity contribution in [3.05, 3.63) is 76.6 Å². The van der Waals surface area contributed by atoms with Gasteiger partial charge in [-0.2, -0.15) is 0 Å². The fraction of sp³-hybridized carbons (Fsp3) is 0.350. The van der Waals surface area contributed by atoms with Gasteiger partial charge in [0.2, 0.25) is 5.82 Å². The van der Waals surface area contributed by atoms with E-state index in [0.29, 0.717) is 11.6 Å². The molecule has 1 fully saturated rings. The van der Waals surface area contributed by atoms with Gasteiger partial charge in [0.05, 0.1) is 25.7 Å². The molecule has 1 atom stereocenters. The number of likely N-dealkylation sites (tertiary alicyclic amines) is 1. The fourth-order valence-corrected chi connectivity index (χ4v) is 3.90. The summed E-state index contributed by atoms with van der Waals surface area (Å²) < 4.78 is 1.88. The fourth-order valence-electron chi connectivity index (χ4n) is 3.77. The molecule has 1 aliphatic heterocycles. The van der Waals surface area contributed by atoms with Crippen molar-refractivity contribution in [1.82, 2.24) is 20.2 Å². The number of hydrogen-bond acceptors (Lipinski definition) is 4. The summed E-state index contributed by atoms with van der Waals surface area (Å²) in [4.78, 5) is 1.37. The molecule has 140 valence electrons. The van der Waals surface area contributed by atoms with E-state index < -0.39 is 0 Å². The first-order chi connectivity index (χ1) is 13.2. The Labute approximate surface area is 163 Å². The number of aliphatic hydroxyl groups excluding tert-OH is 1. The van der Waals surface area contributed by atoms with Gasteiger partial charge in [-0.1, -0.05) is 54.1 Å². The number of rotatable bonds is 5. The van der Waals surface area contributed by atoms with Crippen LogP contribution in [0.15, 0.2) is 54.6 Å². The van der Waals surface area contributed by atoms with Crippen LogP contribution in [0.1, 0.15) is 35.8 Å². The molecule has 27 heavy (non-hydrogen) atoms. The second-order valence-electron chi connectivity index (χ2n) is 7.05. The molecule has 0 bridgehead atoms. The van der Waals surface area contributed by atoms with Gasteiger partial charge in [0, 0.05) is 23.4 Å². The second-order valence-corrected chi connectivity index (χ2v) is 7.49. The molecule has 0 saturated carbocycles. The Morgan fingerprint density at radius 2 is 1.78 bits per heavy atom. The molecule has 0 spiro atoms. The Hall–Kier alpha value is -2.28. The van der Waals surface area contributed by atoms with Crippen molar-refractivity contribution >= 4 is 11.6 Å². The average Bonchev–Trinajstić information content (AvgIpc) is 3.13. The quantitative estimate of drug-likeness (QED) is 0.699. The van der Waals surface area contributed by atoms with E-state index >= 15 is 0 Å². The molecule has 2 heterocycles. The van der Waals surface area contributed by atoms with Crippen LogP contribution in [-0.4, -0.2) is 44.5 Å². The average molecular weight is 385 g/mol. The smallest absolute Gasteiger partial charge is 0.214 e. The first-order valence-electron chi connectivity index (χ1n) is 9.29. The predicted octanol–water partition coefficient (Wildman–Crippen LogP) is 1.50. The van der Waals surface area contributed by atoms with Crippen LogP contribution in [0.5, 0.6) is 0 Å². The number of hydrogen-bond donors (Lipinski definition) is 2. The highest BCUT2D eigenvalue weighted by Crippen LogP contribution is 2.21. The topological polar surface area (TPSA) is 68.3 Å². The molecule has 2 N–H and O–H groups in total. The molecule has 1 aliphatic rings. The largest absolute Gasteiger partial charge is 0.393 e. The zero-order chi connectivity index (χ0) is 18.6. The normalized spacial score (nSPS) is 21.1.